The summed E-state index contributed by atoms with van der Waals surface area (Å²) in [5.74, 6) is -0.833. The van der Waals surface area contributed by atoms with Crippen LogP contribution in [-0.4, -0.2) is 29.1 Å². The smallest absolute Gasteiger partial charge is 0.300 e. The van der Waals surface area contributed by atoms with Gasteiger partial charge in [0.2, 0.25) is 0 Å². The second-order valence-electron chi connectivity index (χ2n) is 2.61. The molecule has 0 amide bonds. The maximum atomic E-state index is 9.00. The summed E-state index contributed by atoms with van der Waals surface area (Å²) in [5, 5.41) is 16.3. The van der Waals surface area contributed by atoms with E-state index < -0.39 is 12.3 Å². The minimum Gasteiger partial charge on any atom is -0.481 e. The molecule has 0 aromatic heterocycles. The summed E-state index contributed by atoms with van der Waals surface area (Å²) in [5.41, 5.74) is 0. The second-order valence-corrected chi connectivity index (χ2v) is 2.61. The van der Waals surface area contributed by atoms with Crippen LogP contribution in [-0.2, 0) is 9.53 Å². The van der Waals surface area contributed by atoms with Crippen LogP contribution in [0.5, 0.6) is 0 Å². The van der Waals surface area contributed by atoms with E-state index in [2.05, 4.69) is 6.92 Å². The fourth-order valence-corrected chi connectivity index (χ4v) is 0.482. The van der Waals surface area contributed by atoms with E-state index in [1.807, 2.05) is 6.92 Å². The molecule has 0 aromatic rings. The van der Waals surface area contributed by atoms with E-state index in [4.69, 9.17) is 19.7 Å². The number of rotatable bonds is 5. The van der Waals surface area contributed by atoms with Crippen LogP contribution in [0.15, 0.2) is 0 Å². The molecule has 0 rings (SSSR count). The first-order valence-electron chi connectivity index (χ1n) is 4.53. The number of hydrogen-bond donors (Lipinski definition) is 2. The van der Waals surface area contributed by atoms with Gasteiger partial charge in [0.05, 0.1) is 0 Å². The molecular formula is C9H20O4. The molecule has 13 heavy (non-hydrogen) atoms. The Kier molecular flexibility index (Phi) is 13.0. The molecule has 4 nitrogen and oxygen atoms in total. The normalized spacial score (nSPS) is 11.4. The first kappa shape index (κ1) is 14.9. The Morgan fingerprint density at radius 2 is 1.92 bits per heavy atom. The fraction of sp³-hybridized carbons (Fsp3) is 0.889. The summed E-state index contributed by atoms with van der Waals surface area (Å²) < 4.78 is 4.99. The van der Waals surface area contributed by atoms with Gasteiger partial charge in [-0.25, -0.2) is 0 Å². The van der Waals surface area contributed by atoms with Gasteiger partial charge in [0.25, 0.3) is 5.97 Å². The lowest BCUT2D eigenvalue weighted by Crippen LogP contribution is -2.10. The Bertz CT molecular complexity index is 110. The molecular weight excluding hydrogens is 172 g/mol. The van der Waals surface area contributed by atoms with Crippen molar-refractivity contribution in [1.82, 2.24) is 0 Å². The molecule has 80 valence electrons. The van der Waals surface area contributed by atoms with Crippen LogP contribution >= 0.6 is 0 Å². The topological polar surface area (TPSA) is 66.8 Å². The number of hydrogen-bond acceptors (Lipinski definition) is 3. The van der Waals surface area contributed by atoms with Gasteiger partial charge in [0.15, 0.2) is 6.29 Å². The molecule has 0 aliphatic rings. The van der Waals surface area contributed by atoms with Gasteiger partial charge < -0.3 is 14.9 Å². The predicted molar refractivity (Wildman–Crippen MR) is 50.5 cm³/mol. The molecule has 0 spiro atoms. The van der Waals surface area contributed by atoms with Crippen molar-refractivity contribution >= 4 is 5.97 Å². The Balaban J connectivity index is 0. The highest BCUT2D eigenvalue weighted by Gasteiger charge is 1.96. The van der Waals surface area contributed by atoms with E-state index in [0.29, 0.717) is 13.0 Å². The lowest BCUT2D eigenvalue weighted by atomic mass is 10.4. The van der Waals surface area contributed by atoms with E-state index in [-0.39, 0.29) is 0 Å². The number of aliphatic carboxylic acids is 1. The Labute approximate surface area is 79.5 Å². The summed E-state index contributed by atoms with van der Waals surface area (Å²) in [6.07, 6.45) is 2.30. The van der Waals surface area contributed by atoms with Crippen LogP contribution in [0.25, 0.3) is 0 Å². The van der Waals surface area contributed by atoms with Crippen molar-refractivity contribution in [2.75, 3.05) is 6.61 Å². The lowest BCUT2D eigenvalue weighted by molar-refractivity contribution is -0.134. The first-order valence-corrected chi connectivity index (χ1v) is 4.53. The van der Waals surface area contributed by atoms with Crippen LogP contribution in [0.4, 0.5) is 0 Å². The summed E-state index contributed by atoms with van der Waals surface area (Å²) in [4.78, 5) is 9.00. The van der Waals surface area contributed by atoms with Crippen LogP contribution < -0.4 is 0 Å². The van der Waals surface area contributed by atoms with E-state index in [9.17, 15) is 0 Å². The zero-order chi connectivity index (χ0) is 10.7. The predicted octanol–water partition coefficient (Wildman–Crippen LogP) is 1.62. The number of carboxylic acid groups (broad SMARTS) is 1. The van der Waals surface area contributed by atoms with Crippen molar-refractivity contribution in [3.05, 3.63) is 0 Å². The molecule has 1 unspecified atom stereocenters. The first-order chi connectivity index (χ1) is 6.04. The third-order valence-electron chi connectivity index (χ3n) is 1.16. The van der Waals surface area contributed by atoms with Crippen molar-refractivity contribution in [2.24, 2.45) is 0 Å². The number of carbonyl (C=O) groups is 1. The highest BCUT2D eigenvalue weighted by Crippen LogP contribution is 1.95. The zero-order valence-corrected chi connectivity index (χ0v) is 8.62. The summed E-state index contributed by atoms with van der Waals surface area (Å²) in [6.45, 7) is 5.77. The number of ether oxygens (including phenoxy) is 1. The minimum absolute atomic E-state index is 0.545. The minimum atomic E-state index is -0.833. The van der Waals surface area contributed by atoms with Gasteiger partial charge in [-0.1, -0.05) is 20.3 Å². The molecule has 0 radical (unpaired) electrons. The molecule has 1 atom stereocenters. The average Bonchev–Trinajstić information content (AvgIpc) is 2.03. The third kappa shape index (κ3) is 24.6. The maximum Gasteiger partial charge on any atom is 0.300 e. The van der Waals surface area contributed by atoms with E-state index in [0.717, 1.165) is 19.8 Å². The van der Waals surface area contributed by atoms with Crippen molar-refractivity contribution in [3.63, 3.8) is 0 Å². The highest BCUT2D eigenvalue weighted by molar-refractivity contribution is 5.62. The Morgan fingerprint density at radius 1 is 1.46 bits per heavy atom. The number of aliphatic hydroxyl groups excluding tert-OH is 1. The van der Waals surface area contributed by atoms with Gasteiger partial charge in [0.1, 0.15) is 0 Å². The molecule has 0 saturated carbocycles. The van der Waals surface area contributed by atoms with Crippen LogP contribution in [0.3, 0.4) is 0 Å². The van der Waals surface area contributed by atoms with E-state index >= 15 is 0 Å². The monoisotopic (exact) mass is 192 g/mol. The molecule has 0 saturated heterocycles. The van der Waals surface area contributed by atoms with E-state index in [1.54, 1.807) is 0 Å². The van der Waals surface area contributed by atoms with Crippen molar-refractivity contribution in [1.29, 1.82) is 0 Å². The molecule has 0 fully saturated rings. The summed E-state index contributed by atoms with van der Waals surface area (Å²) in [7, 11) is 0. The lowest BCUT2D eigenvalue weighted by Gasteiger charge is -2.07. The van der Waals surface area contributed by atoms with Crippen molar-refractivity contribution in [3.8, 4) is 0 Å². The van der Waals surface area contributed by atoms with Gasteiger partial charge in [-0.15, -0.1) is 0 Å². The van der Waals surface area contributed by atoms with Crippen molar-refractivity contribution in [2.45, 2.75) is 46.3 Å². The molecule has 0 heterocycles. The maximum absolute atomic E-state index is 9.00. The molecule has 0 aliphatic carbocycles. The van der Waals surface area contributed by atoms with Gasteiger partial charge in [-0.3, -0.25) is 4.79 Å². The van der Waals surface area contributed by atoms with Gasteiger partial charge >= 0.3 is 0 Å². The fourth-order valence-electron chi connectivity index (χ4n) is 0.482. The third-order valence-corrected chi connectivity index (χ3v) is 1.16. The largest absolute Gasteiger partial charge is 0.481 e. The van der Waals surface area contributed by atoms with Crippen LogP contribution in [0.2, 0.25) is 0 Å². The Hall–Kier alpha value is -0.610. The zero-order valence-electron chi connectivity index (χ0n) is 8.62. The van der Waals surface area contributed by atoms with Crippen molar-refractivity contribution < 1.29 is 19.7 Å². The SMILES string of the molecule is CC(=O)O.CCCCOC(O)CC. The van der Waals surface area contributed by atoms with Gasteiger partial charge in [-0.2, -0.15) is 0 Å². The highest BCUT2D eigenvalue weighted by atomic mass is 16.6. The molecule has 4 heteroatoms. The quantitative estimate of drug-likeness (QED) is 0.513. The Morgan fingerprint density at radius 3 is 2.23 bits per heavy atom. The molecule has 0 aromatic carbocycles. The number of aliphatic hydroxyl groups is 1. The summed E-state index contributed by atoms with van der Waals surface area (Å²) in [6, 6.07) is 0. The summed E-state index contributed by atoms with van der Waals surface area (Å²) >= 11 is 0. The molecule has 0 aliphatic heterocycles. The number of carboxylic acids is 1. The average molecular weight is 192 g/mol. The standard InChI is InChI=1S/C7H16O2.C2H4O2/c1-3-5-6-9-7(8)4-2;1-2(3)4/h7-8H,3-6H2,1-2H3;1H3,(H,3,4). The van der Waals surface area contributed by atoms with Crippen LogP contribution in [0, 0.1) is 0 Å². The second kappa shape index (κ2) is 11.4. The molecule has 2 N–H and O–H groups in total. The van der Waals surface area contributed by atoms with Crippen LogP contribution in [0.1, 0.15) is 40.0 Å². The van der Waals surface area contributed by atoms with Gasteiger partial charge in [-0.05, 0) is 12.8 Å². The number of unbranched alkanes of at least 4 members (excludes halogenated alkanes) is 1. The van der Waals surface area contributed by atoms with Gasteiger partial charge in [0, 0.05) is 13.5 Å². The molecule has 0 bridgehead atoms. The van der Waals surface area contributed by atoms with E-state index in [1.165, 1.54) is 0 Å².